The van der Waals surface area contributed by atoms with Gasteiger partial charge in [0.15, 0.2) is 5.82 Å². The number of hydrogen-bond donors (Lipinski definition) is 1. The molecule has 88 valence electrons. The lowest BCUT2D eigenvalue weighted by atomic mass is 10.1. The van der Waals surface area contributed by atoms with E-state index >= 15 is 0 Å². The average Bonchev–Trinajstić information content (AvgIpc) is 2.39. The first-order valence-electron chi connectivity index (χ1n) is 5.61. The highest BCUT2D eigenvalue weighted by Crippen LogP contribution is 2.18. The number of methoxy groups -OCH3 is 1. The monoisotopic (exact) mass is 222 g/mol. The van der Waals surface area contributed by atoms with Crippen LogP contribution in [0.3, 0.4) is 0 Å². The van der Waals surface area contributed by atoms with E-state index in [-0.39, 0.29) is 0 Å². The number of likely N-dealkylation sites (N-methyl/N-ethyl adjacent to an activating group) is 1. The van der Waals surface area contributed by atoms with Gasteiger partial charge in [0.05, 0.1) is 19.5 Å². The molecule has 1 N–H and O–H groups in total. The molecule has 1 aromatic rings. The summed E-state index contributed by atoms with van der Waals surface area (Å²) in [5, 5.41) is 3.31. The van der Waals surface area contributed by atoms with Crippen LogP contribution in [-0.2, 0) is 0 Å². The van der Waals surface area contributed by atoms with E-state index in [0.717, 1.165) is 18.9 Å². The van der Waals surface area contributed by atoms with Crippen LogP contribution in [-0.4, -0.2) is 43.3 Å². The van der Waals surface area contributed by atoms with Gasteiger partial charge in [-0.3, -0.25) is 4.98 Å². The number of anilines is 1. The van der Waals surface area contributed by atoms with Gasteiger partial charge in [0, 0.05) is 19.1 Å². The van der Waals surface area contributed by atoms with Gasteiger partial charge >= 0.3 is 0 Å². The Morgan fingerprint density at radius 3 is 3.12 bits per heavy atom. The molecule has 0 radical (unpaired) electrons. The standard InChI is InChI=1S/C11H18N4O/c1-12-9-4-3-5-15(8-9)10-6-13-7-11(14-10)16-2/h6-7,9,12H,3-5,8H2,1-2H3. The number of nitrogens with one attached hydrogen (secondary N) is 1. The Bertz CT molecular complexity index is 345. The highest BCUT2D eigenvalue weighted by molar-refractivity contribution is 5.38. The van der Waals surface area contributed by atoms with Crippen LogP contribution in [0.5, 0.6) is 5.88 Å². The minimum absolute atomic E-state index is 0.543. The van der Waals surface area contributed by atoms with Crippen LogP contribution in [0.1, 0.15) is 12.8 Å². The summed E-state index contributed by atoms with van der Waals surface area (Å²) in [5.74, 6) is 1.48. The van der Waals surface area contributed by atoms with E-state index in [1.807, 2.05) is 7.05 Å². The second-order valence-electron chi connectivity index (χ2n) is 3.99. The molecule has 2 rings (SSSR count). The van der Waals surface area contributed by atoms with E-state index in [0.29, 0.717) is 11.9 Å². The maximum atomic E-state index is 5.08. The lowest BCUT2D eigenvalue weighted by Crippen LogP contribution is -2.44. The molecule has 1 aliphatic heterocycles. The summed E-state index contributed by atoms with van der Waals surface area (Å²) in [7, 11) is 3.62. The molecule has 1 saturated heterocycles. The molecule has 1 aromatic heterocycles. The number of aromatic nitrogens is 2. The van der Waals surface area contributed by atoms with Crippen LogP contribution in [0, 0.1) is 0 Å². The van der Waals surface area contributed by atoms with Gasteiger partial charge in [-0.15, -0.1) is 0 Å². The Morgan fingerprint density at radius 2 is 2.38 bits per heavy atom. The molecule has 1 fully saturated rings. The number of ether oxygens (including phenoxy) is 1. The molecule has 0 spiro atoms. The van der Waals surface area contributed by atoms with Gasteiger partial charge in [0.1, 0.15) is 0 Å². The quantitative estimate of drug-likeness (QED) is 0.814. The SMILES string of the molecule is CNC1CCCN(c2cncc(OC)n2)C1. The topological polar surface area (TPSA) is 50.3 Å². The van der Waals surface area contributed by atoms with E-state index in [1.54, 1.807) is 19.5 Å². The first kappa shape index (κ1) is 11.1. The largest absolute Gasteiger partial charge is 0.480 e. The molecular weight excluding hydrogens is 204 g/mol. The van der Waals surface area contributed by atoms with Gasteiger partial charge in [-0.25, -0.2) is 0 Å². The molecule has 0 aromatic carbocycles. The van der Waals surface area contributed by atoms with E-state index in [4.69, 9.17) is 4.74 Å². The van der Waals surface area contributed by atoms with Crippen LogP contribution in [0.15, 0.2) is 12.4 Å². The fourth-order valence-corrected chi connectivity index (χ4v) is 2.01. The molecule has 2 heterocycles. The van der Waals surface area contributed by atoms with Gasteiger partial charge in [-0.1, -0.05) is 0 Å². The fraction of sp³-hybridized carbons (Fsp3) is 0.636. The third-order valence-corrected chi connectivity index (χ3v) is 2.96. The molecule has 16 heavy (non-hydrogen) atoms. The Kier molecular flexibility index (Phi) is 3.56. The number of hydrogen-bond acceptors (Lipinski definition) is 5. The minimum Gasteiger partial charge on any atom is -0.480 e. The molecule has 0 saturated carbocycles. The van der Waals surface area contributed by atoms with E-state index in [1.165, 1.54) is 12.8 Å². The average molecular weight is 222 g/mol. The molecule has 0 aliphatic carbocycles. The van der Waals surface area contributed by atoms with Crippen LogP contribution >= 0.6 is 0 Å². The van der Waals surface area contributed by atoms with Crippen molar-refractivity contribution in [3.05, 3.63) is 12.4 Å². The third kappa shape index (κ3) is 2.41. The number of nitrogens with zero attached hydrogens (tertiary/aromatic N) is 3. The number of piperidine rings is 1. The summed E-state index contributed by atoms with van der Waals surface area (Å²) in [6.45, 7) is 2.03. The molecule has 0 bridgehead atoms. The Morgan fingerprint density at radius 1 is 1.50 bits per heavy atom. The van der Waals surface area contributed by atoms with Gasteiger partial charge in [0.2, 0.25) is 5.88 Å². The molecule has 1 aliphatic rings. The van der Waals surface area contributed by atoms with E-state index < -0.39 is 0 Å². The summed E-state index contributed by atoms with van der Waals surface area (Å²) in [4.78, 5) is 10.8. The molecule has 5 nitrogen and oxygen atoms in total. The number of rotatable bonds is 3. The Balaban J connectivity index is 2.10. The van der Waals surface area contributed by atoms with Crippen molar-refractivity contribution in [1.29, 1.82) is 0 Å². The van der Waals surface area contributed by atoms with E-state index in [9.17, 15) is 0 Å². The first-order chi connectivity index (χ1) is 7.83. The normalized spacial score (nSPS) is 20.9. The van der Waals surface area contributed by atoms with Crippen LogP contribution < -0.4 is 15.0 Å². The van der Waals surface area contributed by atoms with Gasteiger partial charge in [-0.05, 0) is 19.9 Å². The fourth-order valence-electron chi connectivity index (χ4n) is 2.01. The van der Waals surface area contributed by atoms with Gasteiger partial charge in [0.25, 0.3) is 0 Å². The highest BCUT2D eigenvalue weighted by Gasteiger charge is 2.19. The second kappa shape index (κ2) is 5.12. The van der Waals surface area contributed by atoms with Crippen molar-refractivity contribution < 1.29 is 4.74 Å². The maximum absolute atomic E-state index is 5.08. The molecule has 0 amide bonds. The van der Waals surface area contributed by atoms with Crippen molar-refractivity contribution >= 4 is 5.82 Å². The zero-order valence-corrected chi connectivity index (χ0v) is 9.81. The smallest absolute Gasteiger partial charge is 0.233 e. The Labute approximate surface area is 95.8 Å². The Hall–Kier alpha value is -1.36. The van der Waals surface area contributed by atoms with Gasteiger partial charge < -0.3 is 15.0 Å². The predicted octanol–water partition coefficient (Wildman–Crippen LogP) is 0.673. The van der Waals surface area contributed by atoms with E-state index in [2.05, 4.69) is 20.2 Å². The molecule has 1 unspecified atom stereocenters. The van der Waals surface area contributed by atoms with Crippen molar-refractivity contribution in [2.75, 3.05) is 32.1 Å². The first-order valence-corrected chi connectivity index (χ1v) is 5.61. The van der Waals surface area contributed by atoms with Crippen LogP contribution in [0.2, 0.25) is 0 Å². The third-order valence-electron chi connectivity index (χ3n) is 2.96. The zero-order chi connectivity index (χ0) is 11.4. The van der Waals surface area contributed by atoms with Crippen molar-refractivity contribution in [2.45, 2.75) is 18.9 Å². The zero-order valence-electron chi connectivity index (χ0n) is 9.81. The summed E-state index contributed by atoms with van der Waals surface area (Å²) in [6, 6.07) is 0.543. The van der Waals surface area contributed by atoms with Crippen molar-refractivity contribution in [3.8, 4) is 5.88 Å². The summed E-state index contributed by atoms with van der Waals surface area (Å²) in [6.07, 6.45) is 5.83. The van der Waals surface area contributed by atoms with Crippen molar-refractivity contribution in [2.24, 2.45) is 0 Å². The predicted molar refractivity (Wildman–Crippen MR) is 62.9 cm³/mol. The highest BCUT2D eigenvalue weighted by atomic mass is 16.5. The molecule has 1 atom stereocenters. The second-order valence-corrected chi connectivity index (χ2v) is 3.99. The lowest BCUT2D eigenvalue weighted by Gasteiger charge is -2.33. The lowest BCUT2D eigenvalue weighted by molar-refractivity contribution is 0.393. The summed E-state index contributed by atoms with van der Waals surface area (Å²) < 4.78 is 5.08. The van der Waals surface area contributed by atoms with Crippen molar-refractivity contribution in [1.82, 2.24) is 15.3 Å². The molecule has 5 heteroatoms. The maximum Gasteiger partial charge on any atom is 0.233 e. The van der Waals surface area contributed by atoms with Crippen LogP contribution in [0.4, 0.5) is 5.82 Å². The van der Waals surface area contributed by atoms with Crippen molar-refractivity contribution in [3.63, 3.8) is 0 Å². The summed E-state index contributed by atoms with van der Waals surface area (Å²) >= 11 is 0. The minimum atomic E-state index is 0.543. The molecular formula is C11H18N4O. The van der Waals surface area contributed by atoms with Gasteiger partial charge in [-0.2, -0.15) is 4.98 Å². The van der Waals surface area contributed by atoms with Crippen LogP contribution in [0.25, 0.3) is 0 Å². The summed E-state index contributed by atoms with van der Waals surface area (Å²) in [5.41, 5.74) is 0.